The van der Waals surface area contributed by atoms with E-state index in [1.54, 1.807) is 13.8 Å². The fourth-order valence-electron chi connectivity index (χ4n) is 5.01. The average molecular weight is 537 g/mol. The van der Waals surface area contributed by atoms with E-state index in [0.717, 1.165) is 12.1 Å². The predicted molar refractivity (Wildman–Crippen MR) is 135 cm³/mol. The van der Waals surface area contributed by atoms with Crippen LogP contribution in [-0.4, -0.2) is 77.7 Å². The molecule has 2 aromatic rings. The number of nitrogens with one attached hydrogen (secondary N) is 3. The summed E-state index contributed by atoms with van der Waals surface area (Å²) in [6.45, 7) is 9.21. The number of aromatic amines is 1. The molecule has 12 heteroatoms. The number of hydrogen-bond donors (Lipinski definition) is 4. The molecule has 2 aliphatic heterocycles. The lowest BCUT2D eigenvalue weighted by Gasteiger charge is -2.36. The van der Waals surface area contributed by atoms with Gasteiger partial charge >= 0.3 is 6.36 Å². The number of nitrogens with zero attached hydrogens (tertiary/aromatic N) is 1. The number of aliphatic hydroxyl groups excluding tert-OH is 1. The van der Waals surface area contributed by atoms with Crippen LogP contribution < -0.4 is 15.4 Å². The third kappa shape index (κ3) is 6.37. The van der Waals surface area contributed by atoms with Gasteiger partial charge in [0.1, 0.15) is 5.75 Å². The predicted octanol–water partition coefficient (Wildman–Crippen LogP) is 3.22. The number of aliphatic hydroxyl groups is 1. The van der Waals surface area contributed by atoms with Gasteiger partial charge in [-0.2, -0.15) is 0 Å². The number of rotatable bonds is 7. The minimum Gasteiger partial charge on any atom is -0.406 e. The molecule has 0 aliphatic carbocycles. The first kappa shape index (κ1) is 27.7. The standard InChI is InChI=1S/C26H31F3N4O5/c1-13-10-33(11-14(2)37-13)12-17(34)9-30-25(36)23-15(3)22(31-16(23)4)8-20-19-7-18(38-26(27,28)29)5-6-21(19)32-24(20)35/h5-8,13-14,17,31,34H,9-12H2,1-4H3,(H,30,36)(H,32,35). The van der Waals surface area contributed by atoms with Crippen molar-refractivity contribution >= 4 is 29.2 Å². The molecule has 0 bridgehead atoms. The fourth-order valence-corrected chi connectivity index (χ4v) is 5.01. The summed E-state index contributed by atoms with van der Waals surface area (Å²) in [6.07, 6.45) is -4.01. The molecule has 0 saturated carbocycles. The number of morpholine rings is 1. The van der Waals surface area contributed by atoms with Crippen LogP contribution in [0.4, 0.5) is 18.9 Å². The van der Waals surface area contributed by atoms with Gasteiger partial charge in [0.2, 0.25) is 0 Å². The van der Waals surface area contributed by atoms with Gasteiger partial charge in [-0.25, -0.2) is 0 Å². The van der Waals surface area contributed by atoms with Crippen molar-refractivity contribution in [3.05, 3.63) is 46.3 Å². The lowest BCUT2D eigenvalue weighted by molar-refractivity contribution is -0.274. The van der Waals surface area contributed by atoms with Gasteiger partial charge in [-0.1, -0.05) is 0 Å². The Morgan fingerprint density at radius 1 is 1.29 bits per heavy atom. The molecule has 1 aromatic heterocycles. The summed E-state index contributed by atoms with van der Waals surface area (Å²) >= 11 is 0. The Balaban J connectivity index is 1.47. The average Bonchev–Trinajstić information content (AvgIpc) is 3.25. The van der Waals surface area contributed by atoms with Crippen molar-refractivity contribution in [3.63, 3.8) is 0 Å². The Hall–Kier alpha value is -3.35. The smallest absolute Gasteiger partial charge is 0.406 e. The second-order valence-corrected chi connectivity index (χ2v) is 9.77. The van der Waals surface area contributed by atoms with Gasteiger partial charge in [0.25, 0.3) is 11.8 Å². The Morgan fingerprint density at radius 3 is 2.63 bits per heavy atom. The van der Waals surface area contributed by atoms with E-state index in [0.29, 0.717) is 47.8 Å². The largest absolute Gasteiger partial charge is 0.573 e. The van der Waals surface area contributed by atoms with Crippen LogP contribution in [0.15, 0.2) is 18.2 Å². The van der Waals surface area contributed by atoms with Gasteiger partial charge in [-0.15, -0.1) is 13.2 Å². The van der Waals surface area contributed by atoms with Crippen molar-refractivity contribution in [1.29, 1.82) is 0 Å². The van der Waals surface area contributed by atoms with Gasteiger partial charge in [-0.05, 0) is 57.5 Å². The first-order valence-corrected chi connectivity index (χ1v) is 12.3. The summed E-state index contributed by atoms with van der Waals surface area (Å²) in [7, 11) is 0. The third-order valence-corrected chi connectivity index (χ3v) is 6.46. The number of β-amino-alcohol motifs (C(OH)–C–C–N with tert-alkyl or cyclic N) is 1. The van der Waals surface area contributed by atoms with E-state index < -0.39 is 24.1 Å². The zero-order chi connectivity index (χ0) is 27.8. The number of aryl methyl sites for hydroxylation is 1. The highest BCUT2D eigenvalue weighted by atomic mass is 19.4. The molecule has 3 heterocycles. The first-order chi connectivity index (χ1) is 17.8. The lowest BCUT2D eigenvalue weighted by atomic mass is 10.0. The topological polar surface area (TPSA) is 116 Å². The number of aromatic nitrogens is 1. The van der Waals surface area contributed by atoms with Crippen LogP contribution >= 0.6 is 0 Å². The Morgan fingerprint density at radius 2 is 1.97 bits per heavy atom. The molecule has 38 heavy (non-hydrogen) atoms. The van der Waals surface area contributed by atoms with Crippen molar-refractivity contribution in [2.75, 3.05) is 31.5 Å². The molecule has 2 aliphatic rings. The monoisotopic (exact) mass is 536 g/mol. The maximum Gasteiger partial charge on any atom is 0.573 e. The minimum absolute atomic E-state index is 0.0528. The molecule has 4 N–H and O–H groups in total. The molecule has 3 atom stereocenters. The number of hydrogen-bond acceptors (Lipinski definition) is 6. The number of carbonyl (C=O) groups excluding carboxylic acids is 2. The molecule has 1 fully saturated rings. The van der Waals surface area contributed by atoms with Gasteiger partial charge in [0.05, 0.1) is 29.4 Å². The number of alkyl halides is 3. The molecule has 4 rings (SSSR count). The van der Waals surface area contributed by atoms with E-state index in [-0.39, 0.29) is 35.8 Å². The number of carbonyl (C=O) groups is 2. The fraction of sp³-hybridized carbons (Fsp3) is 0.462. The van der Waals surface area contributed by atoms with Crippen LogP contribution in [0.1, 0.15) is 46.7 Å². The molecule has 1 aromatic carbocycles. The normalized spacial score (nSPS) is 21.8. The Labute approximate surface area is 218 Å². The van der Waals surface area contributed by atoms with Crippen molar-refractivity contribution in [1.82, 2.24) is 15.2 Å². The summed E-state index contributed by atoms with van der Waals surface area (Å²) in [6, 6.07) is 3.60. The van der Waals surface area contributed by atoms with Crippen molar-refractivity contribution < 1.29 is 37.3 Å². The third-order valence-electron chi connectivity index (χ3n) is 6.46. The summed E-state index contributed by atoms with van der Waals surface area (Å²) in [5, 5.41) is 15.9. The van der Waals surface area contributed by atoms with Crippen LogP contribution in [0, 0.1) is 13.8 Å². The zero-order valence-corrected chi connectivity index (χ0v) is 21.5. The molecule has 0 radical (unpaired) electrons. The Kier molecular flexibility index (Phi) is 7.86. The van der Waals surface area contributed by atoms with Crippen LogP contribution in [0.3, 0.4) is 0 Å². The highest BCUT2D eigenvalue weighted by Gasteiger charge is 2.33. The van der Waals surface area contributed by atoms with Gasteiger partial charge < -0.3 is 30.2 Å². The maximum atomic E-state index is 13.0. The zero-order valence-electron chi connectivity index (χ0n) is 21.5. The van der Waals surface area contributed by atoms with Gasteiger partial charge in [0, 0.05) is 48.8 Å². The van der Waals surface area contributed by atoms with Gasteiger partial charge in [-0.3, -0.25) is 14.5 Å². The lowest BCUT2D eigenvalue weighted by Crippen LogP contribution is -2.49. The highest BCUT2D eigenvalue weighted by molar-refractivity contribution is 6.35. The summed E-state index contributed by atoms with van der Waals surface area (Å²) in [5.74, 6) is -1.32. The molecule has 2 amide bonds. The van der Waals surface area contributed by atoms with Crippen LogP contribution in [0.25, 0.3) is 11.6 Å². The number of amides is 2. The maximum absolute atomic E-state index is 13.0. The van der Waals surface area contributed by atoms with Crippen LogP contribution in [0.2, 0.25) is 0 Å². The van der Waals surface area contributed by atoms with Crippen LogP contribution in [-0.2, 0) is 9.53 Å². The molecule has 3 unspecified atom stereocenters. The highest BCUT2D eigenvalue weighted by Crippen LogP contribution is 2.37. The minimum atomic E-state index is -4.86. The number of halogens is 3. The number of fused-ring (bicyclic) bond motifs is 1. The quantitative estimate of drug-likeness (QED) is 0.404. The molecule has 1 saturated heterocycles. The number of H-pyrrole nitrogens is 1. The molecule has 9 nitrogen and oxygen atoms in total. The number of benzene rings is 1. The van der Waals surface area contributed by atoms with E-state index in [1.165, 1.54) is 12.1 Å². The summed E-state index contributed by atoms with van der Waals surface area (Å²) in [4.78, 5) is 30.7. The van der Waals surface area contributed by atoms with Crippen molar-refractivity contribution in [2.24, 2.45) is 0 Å². The van der Waals surface area contributed by atoms with Crippen molar-refractivity contribution in [2.45, 2.75) is 52.4 Å². The number of ether oxygens (including phenoxy) is 2. The SMILES string of the molecule is Cc1[nH]c(C=C2C(=O)Nc3ccc(OC(F)(F)F)cc32)c(C)c1C(=O)NCC(O)CN1CC(C)OC(C)C1. The van der Waals surface area contributed by atoms with Crippen LogP contribution in [0.5, 0.6) is 5.75 Å². The van der Waals surface area contributed by atoms with E-state index in [4.69, 9.17) is 4.74 Å². The van der Waals surface area contributed by atoms with Gasteiger partial charge in [0.15, 0.2) is 0 Å². The number of anilines is 1. The molecule has 0 spiro atoms. The second-order valence-electron chi connectivity index (χ2n) is 9.77. The second kappa shape index (κ2) is 10.8. The van der Waals surface area contributed by atoms with Crippen molar-refractivity contribution in [3.8, 4) is 5.75 Å². The molecule has 206 valence electrons. The molecular formula is C26H31F3N4O5. The van der Waals surface area contributed by atoms with E-state index >= 15 is 0 Å². The van der Waals surface area contributed by atoms with E-state index in [1.807, 2.05) is 13.8 Å². The van der Waals surface area contributed by atoms with E-state index in [2.05, 4.69) is 25.3 Å². The summed E-state index contributed by atoms with van der Waals surface area (Å²) in [5.41, 5.74) is 2.67. The van der Waals surface area contributed by atoms with E-state index in [9.17, 15) is 27.9 Å². The molecular weight excluding hydrogens is 505 g/mol. The Bertz CT molecular complexity index is 1250. The first-order valence-electron chi connectivity index (χ1n) is 12.3. The summed E-state index contributed by atoms with van der Waals surface area (Å²) < 4.78 is 47.7.